The number of nitrogen functional groups attached to an aromatic ring is 1. The Kier molecular flexibility index (Phi) is 7.67. The van der Waals surface area contributed by atoms with Gasteiger partial charge in [0, 0.05) is 36.3 Å². The number of rotatable bonds is 2. The molecule has 0 saturated heterocycles. The summed E-state index contributed by atoms with van der Waals surface area (Å²) in [5, 5.41) is 11.7. The molecule has 0 spiro atoms. The Morgan fingerprint density at radius 3 is 2.76 bits per heavy atom. The van der Waals surface area contributed by atoms with Crippen LogP contribution in [0.5, 0.6) is 11.6 Å². The molecule has 1 aliphatic rings. The number of nitrogens with zero attached hydrogens (tertiary/aromatic N) is 5. The Morgan fingerprint density at radius 1 is 1.11 bits per heavy atom. The molecule has 0 saturated carbocycles. The summed E-state index contributed by atoms with van der Waals surface area (Å²) in [5.74, 6) is 1.38. The smallest absolute Gasteiger partial charge is 0.254 e. The molecular weight excluding hydrogens is 482 g/mol. The van der Waals surface area contributed by atoms with Crippen LogP contribution in [0.1, 0.15) is 45.5 Å². The van der Waals surface area contributed by atoms with E-state index in [9.17, 15) is 4.79 Å². The van der Waals surface area contributed by atoms with Crippen LogP contribution in [0, 0.1) is 6.92 Å². The standard InChI is InChI=1S/C28H31N7O3/c1-20-13-26(29)33-28-24(20)16-30-27(36)23-15-32-35(19-23)18-22-8-7-21(17-34-10-6-9-31-34)14-25(22)37-11-4-2-3-5-12-38-28/h2-3,6-10,13-15,19H,4-5,11-12,16-18H2,1H3,(H2,29,33)(H,30,36)/b3-2-. The zero-order valence-electron chi connectivity index (χ0n) is 21.3. The van der Waals surface area contributed by atoms with Gasteiger partial charge in [0.2, 0.25) is 5.88 Å². The van der Waals surface area contributed by atoms with Crippen LogP contribution in [-0.4, -0.2) is 43.7 Å². The van der Waals surface area contributed by atoms with Crippen molar-refractivity contribution in [2.45, 2.75) is 39.4 Å². The predicted molar refractivity (Wildman–Crippen MR) is 143 cm³/mol. The van der Waals surface area contributed by atoms with Crippen molar-refractivity contribution in [3.05, 3.63) is 95.1 Å². The third-order valence-electron chi connectivity index (χ3n) is 6.25. The van der Waals surface area contributed by atoms with Crippen molar-refractivity contribution in [3.8, 4) is 11.6 Å². The molecule has 1 aliphatic heterocycles. The Bertz CT molecular complexity index is 1430. The van der Waals surface area contributed by atoms with E-state index in [-0.39, 0.29) is 12.5 Å². The number of nitrogens with one attached hydrogen (secondary N) is 1. The Hall–Kier alpha value is -4.60. The Labute approximate surface area is 221 Å². The minimum atomic E-state index is -0.231. The second-order valence-electron chi connectivity index (χ2n) is 9.15. The highest BCUT2D eigenvalue weighted by Gasteiger charge is 2.15. The van der Waals surface area contributed by atoms with Crippen molar-refractivity contribution >= 4 is 11.7 Å². The first-order chi connectivity index (χ1) is 18.5. The minimum absolute atomic E-state index is 0.231. The largest absolute Gasteiger partial charge is 0.493 e. The third-order valence-corrected chi connectivity index (χ3v) is 6.25. The quantitative estimate of drug-likeness (QED) is 0.394. The van der Waals surface area contributed by atoms with Gasteiger partial charge in [-0.1, -0.05) is 24.3 Å². The van der Waals surface area contributed by atoms with Crippen LogP contribution in [0.2, 0.25) is 0 Å². The highest BCUT2D eigenvalue weighted by atomic mass is 16.5. The Morgan fingerprint density at radius 2 is 1.95 bits per heavy atom. The van der Waals surface area contributed by atoms with Gasteiger partial charge in [0.05, 0.1) is 38.1 Å². The second-order valence-corrected chi connectivity index (χ2v) is 9.15. The lowest BCUT2D eigenvalue weighted by Gasteiger charge is -2.14. The lowest BCUT2D eigenvalue weighted by atomic mass is 10.1. The predicted octanol–water partition coefficient (Wildman–Crippen LogP) is 3.50. The van der Waals surface area contributed by atoms with E-state index in [2.05, 4.69) is 38.7 Å². The van der Waals surface area contributed by atoms with E-state index < -0.39 is 0 Å². The molecule has 10 heteroatoms. The monoisotopic (exact) mass is 513 g/mol. The summed E-state index contributed by atoms with van der Waals surface area (Å²) in [5.41, 5.74) is 10.2. The van der Waals surface area contributed by atoms with E-state index in [1.54, 1.807) is 29.3 Å². The molecule has 0 fully saturated rings. The number of hydrogen-bond acceptors (Lipinski definition) is 7. The molecule has 2 bridgehead atoms. The molecule has 3 N–H and O–H groups in total. The van der Waals surface area contributed by atoms with Gasteiger partial charge in [-0.25, -0.2) is 0 Å². The molecule has 0 aliphatic carbocycles. The average molecular weight is 514 g/mol. The van der Waals surface area contributed by atoms with E-state index in [1.807, 2.05) is 36.0 Å². The number of anilines is 1. The summed E-state index contributed by atoms with van der Waals surface area (Å²) in [6, 6.07) is 9.84. The second kappa shape index (κ2) is 11.6. The molecule has 0 unspecified atom stereocenters. The first-order valence-electron chi connectivity index (χ1n) is 12.6. The fraction of sp³-hybridized carbons (Fsp3) is 0.286. The van der Waals surface area contributed by atoms with E-state index in [1.165, 1.54) is 0 Å². The molecule has 4 aromatic rings. The zero-order valence-corrected chi connectivity index (χ0v) is 21.3. The van der Waals surface area contributed by atoms with Gasteiger partial charge in [-0.2, -0.15) is 15.2 Å². The lowest BCUT2D eigenvalue weighted by Crippen LogP contribution is -2.23. The first-order valence-corrected chi connectivity index (χ1v) is 12.6. The average Bonchev–Trinajstić information content (AvgIpc) is 3.58. The van der Waals surface area contributed by atoms with Crippen molar-refractivity contribution in [1.82, 2.24) is 29.9 Å². The molecule has 5 rings (SSSR count). The van der Waals surface area contributed by atoms with Crippen LogP contribution in [0.4, 0.5) is 5.82 Å². The van der Waals surface area contributed by atoms with Gasteiger partial charge in [-0.3, -0.25) is 14.2 Å². The number of aromatic nitrogens is 5. The topological polar surface area (TPSA) is 122 Å². The van der Waals surface area contributed by atoms with Crippen molar-refractivity contribution in [3.63, 3.8) is 0 Å². The third kappa shape index (κ3) is 6.20. The molecule has 0 atom stereocenters. The summed E-state index contributed by atoms with van der Waals surface area (Å²) < 4.78 is 15.7. The lowest BCUT2D eigenvalue weighted by molar-refractivity contribution is 0.0950. The van der Waals surface area contributed by atoms with Gasteiger partial charge in [0.15, 0.2) is 0 Å². The van der Waals surface area contributed by atoms with Crippen LogP contribution in [0.25, 0.3) is 0 Å². The summed E-state index contributed by atoms with van der Waals surface area (Å²) in [4.78, 5) is 17.3. The maximum Gasteiger partial charge on any atom is 0.254 e. The SMILES string of the molecule is Cc1cc(N)nc2c1CNC(=O)c1cnn(c1)Cc1ccc(Cn3cccn3)cc1OCC/C=C\CCO2. The molecule has 10 nitrogen and oxygen atoms in total. The number of aryl methyl sites for hydroxylation is 1. The van der Waals surface area contributed by atoms with Crippen LogP contribution in [-0.2, 0) is 19.6 Å². The van der Waals surface area contributed by atoms with Crippen molar-refractivity contribution in [1.29, 1.82) is 0 Å². The van der Waals surface area contributed by atoms with E-state index in [4.69, 9.17) is 15.2 Å². The molecule has 4 heterocycles. The van der Waals surface area contributed by atoms with Crippen LogP contribution in [0.15, 0.2) is 67.3 Å². The van der Waals surface area contributed by atoms with E-state index in [0.717, 1.165) is 34.4 Å². The van der Waals surface area contributed by atoms with E-state index >= 15 is 0 Å². The van der Waals surface area contributed by atoms with Crippen molar-refractivity contribution in [2.75, 3.05) is 18.9 Å². The molecule has 3 aromatic heterocycles. The van der Waals surface area contributed by atoms with Crippen molar-refractivity contribution < 1.29 is 14.3 Å². The first kappa shape index (κ1) is 25.1. The number of benzene rings is 1. The van der Waals surface area contributed by atoms with Crippen LogP contribution < -0.4 is 20.5 Å². The normalized spacial score (nSPS) is 15.4. The van der Waals surface area contributed by atoms with Gasteiger partial charge < -0.3 is 20.5 Å². The summed E-state index contributed by atoms with van der Waals surface area (Å²) in [7, 11) is 0. The number of amides is 1. The zero-order chi connectivity index (χ0) is 26.3. The molecular formula is C28H31N7O3. The van der Waals surface area contributed by atoms with E-state index in [0.29, 0.717) is 50.0 Å². The fourth-order valence-electron chi connectivity index (χ4n) is 4.28. The molecule has 0 radical (unpaired) electrons. The molecule has 196 valence electrons. The highest BCUT2D eigenvalue weighted by Crippen LogP contribution is 2.24. The number of fused-ring (bicyclic) bond motifs is 4. The molecule has 38 heavy (non-hydrogen) atoms. The highest BCUT2D eigenvalue weighted by molar-refractivity contribution is 5.93. The summed E-state index contributed by atoms with van der Waals surface area (Å²) in [6.45, 7) is 4.29. The minimum Gasteiger partial charge on any atom is -0.493 e. The van der Waals surface area contributed by atoms with Gasteiger partial charge in [-0.05, 0) is 49.1 Å². The number of carbonyl (C=O) groups is 1. The number of hydrogen-bond donors (Lipinski definition) is 2. The Balaban J connectivity index is 1.38. The number of pyridine rings is 1. The van der Waals surface area contributed by atoms with Crippen LogP contribution >= 0.6 is 0 Å². The fourth-order valence-corrected chi connectivity index (χ4v) is 4.28. The number of ether oxygens (including phenoxy) is 2. The van der Waals surface area contributed by atoms with Crippen LogP contribution in [0.3, 0.4) is 0 Å². The van der Waals surface area contributed by atoms with Crippen molar-refractivity contribution in [2.24, 2.45) is 0 Å². The number of nitrogens with two attached hydrogens (primary N) is 1. The maximum atomic E-state index is 12.9. The maximum absolute atomic E-state index is 12.9. The summed E-state index contributed by atoms with van der Waals surface area (Å²) in [6.07, 6.45) is 12.6. The molecule has 1 amide bonds. The van der Waals surface area contributed by atoms with Gasteiger partial charge >= 0.3 is 0 Å². The number of carbonyl (C=O) groups excluding carboxylic acids is 1. The van der Waals surface area contributed by atoms with Gasteiger partial charge in [0.25, 0.3) is 5.91 Å². The van der Waals surface area contributed by atoms with Gasteiger partial charge in [-0.15, -0.1) is 0 Å². The molecule has 1 aromatic carbocycles. The summed E-state index contributed by atoms with van der Waals surface area (Å²) >= 11 is 0. The van der Waals surface area contributed by atoms with Gasteiger partial charge in [0.1, 0.15) is 11.6 Å².